The molecule has 0 radical (unpaired) electrons. The molecule has 0 saturated carbocycles. The van der Waals surface area contributed by atoms with E-state index in [1.54, 1.807) is 36.4 Å². The van der Waals surface area contributed by atoms with Gasteiger partial charge in [0.2, 0.25) is 5.91 Å². The highest BCUT2D eigenvalue weighted by Crippen LogP contribution is 2.49. The number of carbonyl (C=O) groups excluding carboxylic acids is 2. The molecule has 0 aliphatic carbocycles. The molecule has 2 fully saturated rings. The first-order chi connectivity index (χ1) is 14.6. The fourth-order valence-corrected chi connectivity index (χ4v) is 4.14. The molecule has 0 bridgehead atoms. The molecule has 0 aromatic heterocycles. The lowest BCUT2D eigenvalue weighted by Gasteiger charge is -2.29. The molecular formula is C23H17FN2O4. The minimum absolute atomic E-state index is 0.0164. The molecule has 2 aliphatic heterocycles. The number of para-hydroxylation sites is 3. The molecule has 2 amide bonds. The molecule has 2 heterocycles. The second kappa shape index (κ2) is 6.96. The third kappa shape index (κ3) is 2.67. The fourth-order valence-electron chi connectivity index (χ4n) is 4.14. The molecule has 2 aliphatic rings. The molecule has 150 valence electrons. The Morgan fingerprint density at radius 1 is 0.833 bits per heavy atom. The van der Waals surface area contributed by atoms with Crippen molar-refractivity contribution in [3.8, 4) is 5.75 Å². The van der Waals surface area contributed by atoms with Crippen LogP contribution in [-0.2, 0) is 14.4 Å². The van der Waals surface area contributed by atoms with Gasteiger partial charge in [-0.25, -0.2) is 14.4 Å². The summed E-state index contributed by atoms with van der Waals surface area (Å²) in [4.78, 5) is 33.3. The molecule has 2 saturated heterocycles. The highest BCUT2D eigenvalue weighted by Gasteiger charge is 2.61. The van der Waals surface area contributed by atoms with Crippen LogP contribution in [0.3, 0.4) is 0 Å². The normalized spacial score (nSPS) is 23.2. The van der Waals surface area contributed by atoms with Gasteiger partial charge in [-0.05, 0) is 30.3 Å². The molecule has 3 aromatic rings. The lowest BCUT2D eigenvalue weighted by atomic mass is 9.90. The van der Waals surface area contributed by atoms with Gasteiger partial charge in [0.25, 0.3) is 5.91 Å². The molecule has 5 rings (SSSR count). The topological polar surface area (TPSA) is 70.1 Å². The Labute approximate surface area is 171 Å². The molecule has 3 aromatic carbocycles. The molecular weight excluding hydrogens is 387 g/mol. The van der Waals surface area contributed by atoms with E-state index in [-0.39, 0.29) is 11.4 Å². The largest absolute Gasteiger partial charge is 0.508 e. The molecule has 30 heavy (non-hydrogen) atoms. The van der Waals surface area contributed by atoms with Crippen molar-refractivity contribution in [3.63, 3.8) is 0 Å². The summed E-state index contributed by atoms with van der Waals surface area (Å²) in [6, 6.07) is 20.5. The number of phenolic OH excluding ortho intramolecular Hbond substituents is 1. The summed E-state index contributed by atoms with van der Waals surface area (Å²) in [7, 11) is 0. The first kappa shape index (κ1) is 18.3. The summed E-state index contributed by atoms with van der Waals surface area (Å²) in [5.74, 6) is -2.82. The highest BCUT2D eigenvalue weighted by atomic mass is 19.1. The zero-order chi connectivity index (χ0) is 20.8. The zero-order valence-electron chi connectivity index (χ0n) is 15.7. The van der Waals surface area contributed by atoms with Gasteiger partial charge in [0.05, 0.1) is 17.4 Å². The van der Waals surface area contributed by atoms with E-state index in [9.17, 15) is 19.1 Å². The van der Waals surface area contributed by atoms with Gasteiger partial charge in [-0.3, -0.25) is 14.4 Å². The second-order valence-electron chi connectivity index (χ2n) is 7.18. The van der Waals surface area contributed by atoms with Crippen molar-refractivity contribution >= 4 is 23.2 Å². The van der Waals surface area contributed by atoms with Crippen molar-refractivity contribution in [1.29, 1.82) is 0 Å². The quantitative estimate of drug-likeness (QED) is 0.676. The van der Waals surface area contributed by atoms with E-state index in [4.69, 9.17) is 4.84 Å². The molecule has 6 nitrogen and oxygen atoms in total. The highest BCUT2D eigenvalue weighted by molar-refractivity contribution is 6.24. The van der Waals surface area contributed by atoms with Crippen LogP contribution in [0.25, 0.3) is 0 Å². The Kier molecular flexibility index (Phi) is 4.25. The van der Waals surface area contributed by atoms with Crippen LogP contribution >= 0.6 is 0 Å². The first-order valence-corrected chi connectivity index (χ1v) is 9.49. The Hall–Kier alpha value is -3.71. The van der Waals surface area contributed by atoms with Crippen molar-refractivity contribution in [2.24, 2.45) is 5.92 Å². The van der Waals surface area contributed by atoms with Crippen LogP contribution in [0.5, 0.6) is 5.75 Å². The average molecular weight is 404 g/mol. The summed E-state index contributed by atoms with van der Waals surface area (Å²) >= 11 is 0. The lowest BCUT2D eigenvalue weighted by molar-refractivity contribution is -0.126. The first-order valence-electron chi connectivity index (χ1n) is 9.49. The Morgan fingerprint density at radius 2 is 1.50 bits per heavy atom. The number of amides is 2. The van der Waals surface area contributed by atoms with Gasteiger partial charge in [-0.15, -0.1) is 0 Å². The minimum atomic E-state index is -1.12. The number of imide groups is 1. The second-order valence-corrected chi connectivity index (χ2v) is 7.18. The third-order valence-electron chi connectivity index (χ3n) is 5.47. The van der Waals surface area contributed by atoms with Gasteiger partial charge in [0.1, 0.15) is 17.5 Å². The average Bonchev–Trinajstić information content (AvgIpc) is 3.26. The smallest absolute Gasteiger partial charge is 0.266 e. The maximum atomic E-state index is 14.4. The number of rotatable bonds is 3. The van der Waals surface area contributed by atoms with Crippen molar-refractivity contribution < 1.29 is 23.9 Å². The lowest BCUT2D eigenvalue weighted by Crippen LogP contribution is -2.37. The SMILES string of the molecule is O=C1[C@@H]2[C@@H](ON(c3ccccc3)[C@H]2c2ccccc2O)C(=O)N1c1ccccc1F. The predicted octanol–water partition coefficient (Wildman–Crippen LogP) is 3.58. The summed E-state index contributed by atoms with van der Waals surface area (Å²) in [5, 5.41) is 12.0. The molecule has 0 unspecified atom stereocenters. The Balaban J connectivity index is 1.62. The van der Waals surface area contributed by atoms with E-state index < -0.39 is 35.7 Å². The number of carbonyl (C=O) groups is 2. The Bertz CT molecular complexity index is 1140. The number of halogens is 1. The zero-order valence-corrected chi connectivity index (χ0v) is 15.7. The maximum absolute atomic E-state index is 14.4. The van der Waals surface area contributed by atoms with E-state index in [1.807, 2.05) is 18.2 Å². The van der Waals surface area contributed by atoms with Crippen LogP contribution in [-0.4, -0.2) is 23.0 Å². The standard InChI is InChI=1S/C23H17FN2O4/c24-16-11-5-6-12-17(16)25-22(28)19-20(15-10-4-7-13-18(15)27)26(30-21(19)23(25)29)14-8-2-1-3-9-14/h1-13,19-21,27H/t19-,20-,21+/m0/s1. The van der Waals surface area contributed by atoms with Crippen LogP contribution in [0.15, 0.2) is 78.9 Å². The number of hydrogen-bond acceptors (Lipinski definition) is 5. The van der Waals surface area contributed by atoms with E-state index >= 15 is 0 Å². The number of fused-ring (bicyclic) bond motifs is 1. The summed E-state index contributed by atoms with van der Waals surface area (Å²) in [5.41, 5.74) is 0.983. The number of aromatic hydroxyl groups is 1. The van der Waals surface area contributed by atoms with Crippen molar-refractivity contribution in [2.75, 3.05) is 9.96 Å². The van der Waals surface area contributed by atoms with Crippen LogP contribution in [0.4, 0.5) is 15.8 Å². The van der Waals surface area contributed by atoms with Crippen molar-refractivity contribution in [3.05, 3.63) is 90.2 Å². The van der Waals surface area contributed by atoms with Crippen LogP contribution < -0.4 is 9.96 Å². The van der Waals surface area contributed by atoms with E-state index in [2.05, 4.69) is 0 Å². The van der Waals surface area contributed by atoms with Crippen molar-refractivity contribution in [2.45, 2.75) is 12.1 Å². The summed E-state index contributed by atoms with van der Waals surface area (Å²) < 4.78 is 14.4. The number of hydroxylamine groups is 1. The van der Waals surface area contributed by atoms with Crippen LogP contribution in [0.2, 0.25) is 0 Å². The number of phenols is 1. The van der Waals surface area contributed by atoms with Gasteiger partial charge >= 0.3 is 0 Å². The van der Waals surface area contributed by atoms with Crippen molar-refractivity contribution in [1.82, 2.24) is 0 Å². The van der Waals surface area contributed by atoms with Gasteiger partial charge < -0.3 is 5.11 Å². The molecule has 1 N–H and O–H groups in total. The summed E-state index contributed by atoms with van der Waals surface area (Å²) in [6.45, 7) is 0. The molecule has 7 heteroatoms. The number of anilines is 2. The third-order valence-corrected chi connectivity index (χ3v) is 5.47. The van der Waals surface area contributed by atoms with E-state index in [1.165, 1.54) is 29.3 Å². The minimum Gasteiger partial charge on any atom is -0.508 e. The van der Waals surface area contributed by atoms with Gasteiger partial charge in [-0.1, -0.05) is 48.5 Å². The van der Waals surface area contributed by atoms with Gasteiger partial charge in [0.15, 0.2) is 6.10 Å². The Morgan fingerprint density at radius 3 is 2.23 bits per heavy atom. The number of nitrogens with zero attached hydrogens (tertiary/aromatic N) is 2. The molecule has 0 spiro atoms. The van der Waals surface area contributed by atoms with E-state index in [0.29, 0.717) is 11.3 Å². The predicted molar refractivity (Wildman–Crippen MR) is 107 cm³/mol. The fraction of sp³-hybridized carbons (Fsp3) is 0.130. The van der Waals surface area contributed by atoms with E-state index in [0.717, 1.165) is 4.90 Å². The molecule has 3 atom stereocenters. The van der Waals surface area contributed by atoms with Crippen LogP contribution in [0, 0.1) is 11.7 Å². The van der Waals surface area contributed by atoms with Gasteiger partial charge in [0, 0.05) is 5.56 Å². The van der Waals surface area contributed by atoms with Crippen LogP contribution in [0.1, 0.15) is 11.6 Å². The maximum Gasteiger partial charge on any atom is 0.266 e. The van der Waals surface area contributed by atoms with Gasteiger partial charge in [-0.2, -0.15) is 0 Å². The summed E-state index contributed by atoms with van der Waals surface area (Å²) in [6.07, 6.45) is -1.12. The number of benzene rings is 3. The monoisotopic (exact) mass is 404 g/mol. The number of hydrogen-bond donors (Lipinski definition) is 1.